The van der Waals surface area contributed by atoms with E-state index < -0.39 is 6.04 Å². The zero-order valence-corrected chi connectivity index (χ0v) is 17.7. The molecule has 1 atom stereocenters. The fraction of sp³-hybridized carbons (Fsp3) is 0.208. The molecule has 1 saturated heterocycles. The minimum atomic E-state index is -0.753. The summed E-state index contributed by atoms with van der Waals surface area (Å²) < 4.78 is 0. The third-order valence-electron chi connectivity index (χ3n) is 5.38. The van der Waals surface area contributed by atoms with Gasteiger partial charge in [-0.05, 0) is 42.0 Å². The second-order valence-electron chi connectivity index (χ2n) is 7.34. The lowest BCUT2D eigenvalue weighted by Crippen LogP contribution is -2.52. The molecular formula is C24H23ClN4O2. The summed E-state index contributed by atoms with van der Waals surface area (Å²) in [5.41, 5.74) is 2.31. The largest absolute Gasteiger partial charge is 0.368 e. The average molecular weight is 435 g/mol. The number of nitrogens with one attached hydrogen (secondary N) is 1. The van der Waals surface area contributed by atoms with Crippen molar-refractivity contribution in [2.24, 2.45) is 0 Å². The lowest BCUT2D eigenvalue weighted by molar-refractivity contribution is -0.133. The van der Waals surface area contributed by atoms with Crippen molar-refractivity contribution in [3.8, 4) is 0 Å². The van der Waals surface area contributed by atoms with E-state index in [-0.39, 0.29) is 11.8 Å². The second kappa shape index (κ2) is 9.62. The van der Waals surface area contributed by atoms with Crippen LogP contribution in [-0.4, -0.2) is 47.9 Å². The van der Waals surface area contributed by atoms with Crippen LogP contribution in [0.2, 0.25) is 5.02 Å². The highest BCUT2D eigenvalue weighted by molar-refractivity contribution is 6.30. The number of carbonyl (C=O) groups excluding carboxylic acids is 2. The first-order chi connectivity index (χ1) is 15.1. The summed E-state index contributed by atoms with van der Waals surface area (Å²) in [6, 6.07) is 19.1. The van der Waals surface area contributed by atoms with Gasteiger partial charge < -0.3 is 15.1 Å². The summed E-state index contributed by atoms with van der Waals surface area (Å²) in [5, 5.41) is 3.47. The molecule has 0 saturated carbocycles. The Balaban J connectivity index is 1.48. The van der Waals surface area contributed by atoms with E-state index >= 15 is 0 Å². The monoisotopic (exact) mass is 434 g/mol. The first-order valence-corrected chi connectivity index (χ1v) is 10.5. The van der Waals surface area contributed by atoms with Crippen LogP contribution in [-0.2, 0) is 4.79 Å². The van der Waals surface area contributed by atoms with E-state index in [4.69, 9.17) is 11.6 Å². The molecule has 1 fully saturated rings. The molecule has 1 N–H and O–H groups in total. The molecule has 2 aromatic carbocycles. The van der Waals surface area contributed by atoms with Gasteiger partial charge in [0.1, 0.15) is 6.04 Å². The molecule has 0 aliphatic carbocycles. The molecule has 1 aliphatic rings. The highest BCUT2D eigenvalue weighted by atomic mass is 35.5. The molecule has 0 unspecified atom stereocenters. The number of halogens is 1. The SMILES string of the molecule is O=C(N[C@@H](C(=O)N1CCN(c2ccncc2)CC1)c1ccccc1)c1ccc(Cl)cc1. The normalized spacial score (nSPS) is 14.7. The van der Waals surface area contributed by atoms with Crippen molar-refractivity contribution in [1.29, 1.82) is 0 Å². The minimum Gasteiger partial charge on any atom is -0.368 e. The van der Waals surface area contributed by atoms with Gasteiger partial charge in [0.15, 0.2) is 0 Å². The smallest absolute Gasteiger partial charge is 0.252 e. The van der Waals surface area contributed by atoms with Gasteiger partial charge in [0.25, 0.3) is 5.91 Å². The van der Waals surface area contributed by atoms with Crippen molar-refractivity contribution in [3.63, 3.8) is 0 Å². The van der Waals surface area contributed by atoms with Gasteiger partial charge in [-0.1, -0.05) is 41.9 Å². The van der Waals surface area contributed by atoms with E-state index in [9.17, 15) is 9.59 Å². The van der Waals surface area contributed by atoms with Crippen molar-refractivity contribution < 1.29 is 9.59 Å². The first-order valence-electron chi connectivity index (χ1n) is 10.2. The number of pyridine rings is 1. The number of nitrogens with zero attached hydrogens (tertiary/aromatic N) is 3. The molecule has 6 nitrogen and oxygen atoms in total. The summed E-state index contributed by atoms with van der Waals surface area (Å²) in [6.45, 7) is 2.62. The number of anilines is 1. The average Bonchev–Trinajstić information content (AvgIpc) is 2.83. The first kappa shape index (κ1) is 20.9. The molecule has 158 valence electrons. The highest BCUT2D eigenvalue weighted by Gasteiger charge is 2.30. The number of carbonyl (C=O) groups is 2. The maximum Gasteiger partial charge on any atom is 0.252 e. The molecule has 4 rings (SSSR count). The van der Waals surface area contributed by atoms with Crippen molar-refractivity contribution in [3.05, 3.63) is 95.3 Å². The van der Waals surface area contributed by atoms with Crippen LogP contribution in [0.5, 0.6) is 0 Å². The molecule has 0 bridgehead atoms. The molecule has 2 heterocycles. The Morgan fingerprint density at radius 3 is 2.16 bits per heavy atom. The van der Waals surface area contributed by atoms with E-state index in [1.807, 2.05) is 47.4 Å². The van der Waals surface area contributed by atoms with Crippen LogP contribution in [0.1, 0.15) is 22.0 Å². The summed E-state index contributed by atoms with van der Waals surface area (Å²) in [5.74, 6) is -0.419. The Hall–Kier alpha value is -3.38. The Bertz CT molecular complexity index is 1020. The maximum absolute atomic E-state index is 13.4. The van der Waals surface area contributed by atoms with Crippen molar-refractivity contribution in [2.75, 3.05) is 31.1 Å². The molecular weight excluding hydrogens is 412 g/mol. The molecule has 1 aromatic heterocycles. The predicted octanol–water partition coefficient (Wildman–Crippen LogP) is 3.55. The Labute approximate surface area is 186 Å². The number of hydrogen-bond donors (Lipinski definition) is 1. The van der Waals surface area contributed by atoms with Crippen LogP contribution in [0.3, 0.4) is 0 Å². The predicted molar refractivity (Wildman–Crippen MR) is 121 cm³/mol. The Kier molecular flexibility index (Phi) is 6.48. The summed E-state index contributed by atoms with van der Waals surface area (Å²) >= 11 is 5.93. The lowest BCUT2D eigenvalue weighted by atomic mass is 10.0. The van der Waals surface area contributed by atoms with Crippen LogP contribution in [0.15, 0.2) is 79.1 Å². The number of aromatic nitrogens is 1. The quantitative estimate of drug-likeness (QED) is 0.666. The number of piperazine rings is 1. The van der Waals surface area contributed by atoms with Gasteiger partial charge in [-0.2, -0.15) is 0 Å². The van der Waals surface area contributed by atoms with Crippen molar-refractivity contribution in [1.82, 2.24) is 15.2 Å². The van der Waals surface area contributed by atoms with E-state index in [1.165, 1.54) is 0 Å². The van der Waals surface area contributed by atoms with Gasteiger partial charge in [-0.15, -0.1) is 0 Å². The van der Waals surface area contributed by atoms with Gasteiger partial charge in [-0.3, -0.25) is 14.6 Å². The van der Waals surface area contributed by atoms with E-state index in [0.29, 0.717) is 23.7 Å². The van der Waals surface area contributed by atoms with Crippen LogP contribution in [0.25, 0.3) is 0 Å². The van der Waals surface area contributed by atoms with Gasteiger partial charge in [0.05, 0.1) is 0 Å². The van der Waals surface area contributed by atoms with Gasteiger partial charge >= 0.3 is 0 Å². The fourth-order valence-electron chi connectivity index (χ4n) is 3.67. The molecule has 3 aromatic rings. The lowest BCUT2D eigenvalue weighted by Gasteiger charge is -2.37. The highest BCUT2D eigenvalue weighted by Crippen LogP contribution is 2.20. The van der Waals surface area contributed by atoms with Crippen LogP contribution in [0.4, 0.5) is 5.69 Å². The van der Waals surface area contributed by atoms with Crippen LogP contribution in [0, 0.1) is 0 Å². The van der Waals surface area contributed by atoms with Crippen molar-refractivity contribution >= 4 is 29.1 Å². The molecule has 1 aliphatic heterocycles. The topological polar surface area (TPSA) is 65.5 Å². The Morgan fingerprint density at radius 2 is 1.52 bits per heavy atom. The van der Waals surface area contributed by atoms with Crippen molar-refractivity contribution in [2.45, 2.75) is 6.04 Å². The third kappa shape index (κ3) is 5.03. The zero-order chi connectivity index (χ0) is 21.6. The van der Waals surface area contributed by atoms with Crippen LogP contribution >= 0.6 is 11.6 Å². The van der Waals surface area contributed by atoms with Gasteiger partial charge in [0, 0.05) is 54.8 Å². The third-order valence-corrected chi connectivity index (χ3v) is 5.63. The molecule has 0 radical (unpaired) electrons. The minimum absolute atomic E-state index is 0.108. The molecule has 2 amide bonds. The summed E-state index contributed by atoms with van der Waals surface area (Å²) in [7, 11) is 0. The van der Waals surface area contributed by atoms with Gasteiger partial charge in [0.2, 0.25) is 5.91 Å². The Morgan fingerprint density at radius 1 is 0.871 bits per heavy atom. The van der Waals surface area contributed by atoms with E-state index in [2.05, 4.69) is 15.2 Å². The molecule has 7 heteroatoms. The second-order valence-corrected chi connectivity index (χ2v) is 7.78. The number of hydrogen-bond acceptors (Lipinski definition) is 4. The molecule has 31 heavy (non-hydrogen) atoms. The number of amides is 2. The zero-order valence-electron chi connectivity index (χ0n) is 16.9. The molecule has 0 spiro atoms. The van der Waals surface area contributed by atoms with E-state index in [0.717, 1.165) is 24.3 Å². The fourth-order valence-corrected chi connectivity index (χ4v) is 3.80. The van der Waals surface area contributed by atoms with E-state index in [1.54, 1.807) is 36.7 Å². The van der Waals surface area contributed by atoms with Gasteiger partial charge in [-0.25, -0.2) is 0 Å². The number of rotatable bonds is 5. The van der Waals surface area contributed by atoms with Crippen LogP contribution < -0.4 is 10.2 Å². The summed E-state index contributed by atoms with van der Waals surface area (Å²) in [4.78, 5) is 34.4. The number of benzene rings is 2. The summed E-state index contributed by atoms with van der Waals surface area (Å²) in [6.07, 6.45) is 3.54. The standard InChI is InChI=1S/C24H23ClN4O2/c25-20-8-6-19(7-9-20)23(30)27-22(18-4-2-1-3-5-18)24(31)29-16-14-28(15-17-29)21-10-12-26-13-11-21/h1-13,22H,14-17H2,(H,27,30)/t22-/m1/s1. The maximum atomic E-state index is 13.4.